The molecular weight excluding hydrogens is 509 g/mol. The summed E-state index contributed by atoms with van der Waals surface area (Å²) >= 11 is 14.1. The monoisotopic (exact) mass is 543 g/mol. The first-order valence-electron chi connectivity index (χ1n) is 13.2. The highest BCUT2D eigenvalue weighted by Crippen LogP contribution is 2.46. The summed E-state index contributed by atoms with van der Waals surface area (Å²) < 4.78 is 0. The number of thioether (sulfide) groups is 1. The Morgan fingerprint density at radius 2 is 1.61 bits per heavy atom. The third kappa shape index (κ3) is 6.49. The van der Waals surface area contributed by atoms with E-state index in [0.29, 0.717) is 10.0 Å². The van der Waals surface area contributed by atoms with Gasteiger partial charge in [-0.2, -0.15) is 0 Å². The summed E-state index contributed by atoms with van der Waals surface area (Å²) in [6, 6.07) is 16.3. The molecule has 2 heterocycles. The molecule has 5 rings (SSSR count). The lowest BCUT2D eigenvalue weighted by Gasteiger charge is -2.41. The van der Waals surface area contributed by atoms with Crippen LogP contribution in [0.1, 0.15) is 55.0 Å². The van der Waals surface area contributed by atoms with E-state index >= 15 is 0 Å². The fourth-order valence-electron chi connectivity index (χ4n) is 5.72. The van der Waals surface area contributed by atoms with Crippen LogP contribution in [0, 0.1) is 0 Å². The summed E-state index contributed by atoms with van der Waals surface area (Å²) in [5.41, 5.74) is 2.01. The Hall–Kier alpha value is -1.50. The zero-order chi connectivity index (χ0) is 24.9. The molecule has 2 aliphatic heterocycles. The molecule has 1 atom stereocenters. The minimum absolute atomic E-state index is 0.0650. The summed E-state index contributed by atoms with van der Waals surface area (Å²) in [5.74, 6) is 0.0899. The Kier molecular flexibility index (Phi) is 8.97. The first kappa shape index (κ1) is 26.1. The van der Waals surface area contributed by atoms with Crippen LogP contribution in [0.2, 0.25) is 10.0 Å². The highest BCUT2D eigenvalue weighted by Gasteiger charge is 2.37. The van der Waals surface area contributed by atoms with Crippen molar-refractivity contribution < 1.29 is 4.79 Å². The predicted molar refractivity (Wildman–Crippen MR) is 152 cm³/mol. The molecule has 4 nitrogen and oxygen atoms in total. The molecule has 1 saturated carbocycles. The van der Waals surface area contributed by atoms with Crippen molar-refractivity contribution in [3.63, 3.8) is 0 Å². The van der Waals surface area contributed by atoms with E-state index in [1.54, 1.807) is 11.8 Å². The number of hydrogen-bond acceptors (Lipinski definition) is 4. The smallest absolute Gasteiger partial charge is 0.261 e. The molecule has 36 heavy (non-hydrogen) atoms. The van der Waals surface area contributed by atoms with E-state index in [2.05, 4.69) is 15.9 Å². The zero-order valence-electron chi connectivity index (χ0n) is 20.8. The van der Waals surface area contributed by atoms with Gasteiger partial charge in [-0.15, -0.1) is 0 Å². The topological polar surface area (TPSA) is 26.8 Å². The number of nitrogens with zero attached hydrogens (tertiary/aromatic N) is 3. The molecule has 2 aromatic carbocycles. The lowest BCUT2D eigenvalue weighted by atomic mass is 9.94. The van der Waals surface area contributed by atoms with Crippen molar-refractivity contribution in [3.05, 3.63) is 74.6 Å². The Balaban J connectivity index is 1.22. The van der Waals surface area contributed by atoms with E-state index < -0.39 is 0 Å². The van der Waals surface area contributed by atoms with Gasteiger partial charge in [0.2, 0.25) is 0 Å². The maximum Gasteiger partial charge on any atom is 0.261 e. The van der Waals surface area contributed by atoms with E-state index in [1.807, 2.05) is 53.4 Å². The first-order valence-corrected chi connectivity index (χ1v) is 14.9. The van der Waals surface area contributed by atoms with Crippen LogP contribution in [0.5, 0.6) is 0 Å². The zero-order valence-corrected chi connectivity index (χ0v) is 23.1. The second-order valence-electron chi connectivity index (χ2n) is 10.1. The van der Waals surface area contributed by atoms with E-state index in [4.69, 9.17) is 23.2 Å². The van der Waals surface area contributed by atoms with Gasteiger partial charge in [0.25, 0.3) is 5.91 Å². The molecule has 0 radical (unpaired) electrons. The molecule has 1 amide bonds. The molecule has 3 aliphatic rings. The number of halogens is 2. The van der Waals surface area contributed by atoms with Gasteiger partial charge in [-0.1, -0.05) is 78.5 Å². The molecule has 2 saturated heterocycles. The quantitative estimate of drug-likeness (QED) is 0.353. The highest BCUT2D eigenvalue weighted by atomic mass is 35.5. The minimum Gasteiger partial charge on any atom is -0.322 e. The molecule has 192 valence electrons. The summed E-state index contributed by atoms with van der Waals surface area (Å²) in [7, 11) is 0. The number of carbonyl (C=O) groups excluding carboxylic acids is 1. The Morgan fingerprint density at radius 1 is 0.889 bits per heavy atom. The summed E-state index contributed by atoms with van der Waals surface area (Å²) in [6.07, 6.45) is 9.90. The van der Waals surface area contributed by atoms with Gasteiger partial charge in [0.05, 0.1) is 4.91 Å². The van der Waals surface area contributed by atoms with Crippen LogP contribution in [-0.4, -0.2) is 65.9 Å². The molecule has 1 unspecified atom stereocenters. The van der Waals surface area contributed by atoms with Crippen molar-refractivity contribution in [1.29, 1.82) is 0 Å². The normalized spacial score (nSPS) is 23.6. The SMILES string of the molecule is O=C1/C(=C/c2cccc(Cl)c2)SC(c2cccc(Cl)c2)N1CCCN1CCN(C2CCCCC2)CC1. The molecule has 2 aromatic rings. The number of amides is 1. The fourth-order valence-corrected chi connectivity index (χ4v) is 7.39. The molecule has 0 aromatic heterocycles. The van der Waals surface area contributed by atoms with E-state index in [9.17, 15) is 4.79 Å². The maximum absolute atomic E-state index is 13.5. The van der Waals surface area contributed by atoms with Crippen molar-refractivity contribution in [3.8, 4) is 0 Å². The van der Waals surface area contributed by atoms with Crippen LogP contribution in [-0.2, 0) is 4.79 Å². The van der Waals surface area contributed by atoms with Gasteiger partial charge in [-0.05, 0) is 67.3 Å². The third-order valence-electron chi connectivity index (χ3n) is 7.64. The first-order chi connectivity index (χ1) is 17.6. The number of hydrogen-bond donors (Lipinski definition) is 0. The van der Waals surface area contributed by atoms with Gasteiger partial charge in [-0.3, -0.25) is 9.69 Å². The van der Waals surface area contributed by atoms with Gasteiger partial charge in [0.15, 0.2) is 0 Å². The molecule has 1 aliphatic carbocycles. The van der Waals surface area contributed by atoms with Crippen LogP contribution in [0.3, 0.4) is 0 Å². The summed E-state index contributed by atoms with van der Waals surface area (Å²) in [5, 5.41) is 1.31. The minimum atomic E-state index is -0.0650. The van der Waals surface area contributed by atoms with E-state index in [-0.39, 0.29) is 11.3 Å². The highest BCUT2D eigenvalue weighted by molar-refractivity contribution is 8.04. The van der Waals surface area contributed by atoms with E-state index in [0.717, 1.165) is 54.7 Å². The molecule has 0 N–H and O–H groups in total. The van der Waals surface area contributed by atoms with Crippen molar-refractivity contribution in [2.75, 3.05) is 39.3 Å². The lowest BCUT2D eigenvalue weighted by molar-refractivity contribution is -0.126. The number of benzene rings is 2. The molecule has 7 heteroatoms. The number of carbonyl (C=O) groups is 1. The van der Waals surface area contributed by atoms with Crippen molar-refractivity contribution in [2.45, 2.75) is 49.9 Å². The van der Waals surface area contributed by atoms with Crippen LogP contribution < -0.4 is 0 Å². The average molecular weight is 545 g/mol. The van der Waals surface area contributed by atoms with Crippen molar-refractivity contribution in [1.82, 2.24) is 14.7 Å². The fraction of sp³-hybridized carbons (Fsp3) is 0.483. The van der Waals surface area contributed by atoms with Crippen LogP contribution in [0.25, 0.3) is 6.08 Å². The van der Waals surface area contributed by atoms with Gasteiger partial charge < -0.3 is 9.80 Å². The molecular formula is C29H35Cl2N3OS. The van der Waals surface area contributed by atoms with Gasteiger partial charge >= 0.3 is 0 Å². The largest absolute Gasteiger partial charge is 0.322 e. The van der Waals surface area contributed by atoms with Gasteiger partial charge in [0, 0.05) is 48.8 Å². The van der Waals surface area contributed by atoms with Crippen LogP contribution >= 0.6 is 35.0 Å². The lowest BCUT2D eigenvalue weighted by Crippen LogP contribution is -2.51. The Bertz CT molecular complexity index is 1080. The van der Waals surface area contributed by atoms with Crippen LogP contribution in [0.15, 0.2) is 53.4 Å². The van der Waals surface area contributed by atoms with Crippen molar-refractivity contribution >= 4 is 46.9 Å². The van der Waals surface area contributed by atoms with Gasteiger partial charge in [0.1, 0.15) is 5.37 Å². The second kappa shape index (κ2) is 12.4. The Morgan fingerprint density at radius 3 is 2.33 bits per heavy atom. The second-order valence-corrected chi connectivity index (χ2v) is 12.1. The summed E-state index contributed by atoms with van der Waals surface area (Å²) in [4.78, 5) is 21.6. The number of rotatable bonds is 7. The standard InChI is InChI=1S/C29H35Cl2N3OS/c30-24-9-4-7-22(19-24)20-27-28(35)34(29(36-27)23-8-5-10-25(31)21-23)14-6-13-32-15-17-33(18-16-32)26-11-2-1-3-12-26/h4-5,7-10,19-21,26,29H,1-3,6,11-18H2/b27-20-. The maximum atomic E-state index is 13.5. The predicted octanol–water partition coefficient (Wildman–Crippen LogP) is 6.95. The number of piperazine rings is 1. The third-order valence-corrected chi connectivity index (χ3v) is 9.41. The van der Waals surface area contributed by atoms with Crippen molar-refractivity contribution in [2.24, 2.45) is 0 Å². The van der Waals surface area contributed by atoms with Crippen LogP contribution in [0.4, 0.5) is 0 Å². The average Bonchev–Trinajstić information content (AvgIpc) is 3.20. The molecule has 0 spiro atoms. The summed E-state index contributed by atoms with van der Waals surface area (Å²) in [6.45, 7) is 6.40. The van der Waals surface area contributed by atoms with Gasteiger partial charge in [-0.25, -0.2) is 0 Å². The Labute approximate surface area is 229 Å². The van der Waals surface area contributed by atoms with E-state index in [1.165, 1.54) is 45.2 Å². The molecule has 0 bridgehead atoms. The molecule has 3 fully saturated rings.